The van der Waals surface area contributed by atoms with Crippen molar-refractivity contribution in [3.63, 3.8) is 0 Å². The van der Waals surface area contributed by atoms with Crippen LogP contribution in [0.15, 0.2) is 36.7 Å². The molecule has 1 aliphatic heterocycles. The van der Waals surface area contributed by atoms with Gasteiger partial charge in [0.1, 0.15) is 5.69 Å². The zero-order valence-corrected chi connectivity index (χ0v) is 17.1. The van der Waals surface area contributed by atoms with Crippen LogP contribution in [0, 0.1) is 5.92 Å². The molecule has 0 unspecified atom stereocenters. The largest absolute Gasteiger partial charge is 0.433 e. The maximum atomic E-state index is 13.0. The first-order valence-corrected chi connectivity index (χ1v) is 9.67. The van der Waals surface area contributed by atoms with E-state index in [4.69, 9.17) is 11.6 Å². The van der Waals surface area contributed by atoms with Crippen molar-refractivity contribution in [2.75, 3.05) is 18.0 Å². The van der Waals surface area contributed by atoms with E-state index >= 15 is 0 Å². The minimum Gasteiger partial charge on any atom is -0.312 e. The molecule has 10 heteroatoms. The van der Waals surface area contributed by atoms with Gasteiger partial charge in [-0.1, -0.05) is 25.4 Å². The van der Waals surface area contributed by atoms with Crippen LogP contribution in [0.2, 0.25) is 5.02 Å². The average Bonchev–Trinajstić information content (AvgIpc) is 3.00. The Morgan fingerprint density at radius 2 is 1.93 bits per heavy atom. The normalized spacial score (nSPS) is 17.2. The van der Waals surface area contributed by atoms with Gasteiger partial charge in [-0.3, -0.25) is 14.7 Å². The molecule has 160 valence electrons. The number of hydrogen-bond acceptors (Lipinski definition) is 4. The summed E-state index contributed by atoms with van der Waals surface area (Å²) >= 11 is 5.79. The molecule has 0 spiro atoms. The summed E-state index contributed by atoms with van der Waals surface area (Å²) in [6.07, 6.45) is -2.03. The van der Waals surface area contributed by atoms with Gasteiger partial charge in [0, 0.05) is 18.4 Å². The van der Waals surface area contributed by atoms with E-state index < -0.39 is 17.9 Å². The van der Waals surface area contributed by atoms with Crippen molar-refractivity contribution in [1.82, 2.24) is 14.9 Å². The Labute approximate surface area is 176 Å². The minimum absolute atomic E-state index is 0.0443. The fourth-order valence-electron chi connectivity index (χ4n) is 3.30. The number of nitrogens with zero attached hydrogens (tertiary/aromatic N) is 4. The zero-order valence-electron chi connectivity index (χ0n) is 16.4. The molecule has 1 fully saturated rings. The molecule has 0 N–H and O–H groups in total. The molecule has 0 aromatic carbocycles. The van der Waals surface area contributed by atoms with Gasteiger partial charge >= 0.3 is 12.2 Å². The lowest BCUT2D eigenvalue weighted by molar-refractivity contribution is -0.141. The highest BCUT2D eigenvalue weighted by Gasteiger charge is 2.41. The van der Waals surface area contributed by atoms with E-state index in [2.05, 4.69) is 9.97 Å². The van der Waals surface area contributed by atoms with E-state index in [0.717, 1.165) is 12.3 Å². The fraction of sp³-hybridized carbons (Fsp3) is 0.400. The SMILES string of the molecule is CC(C)[C@H]1CN(c2ccc(C(F)(F)F)nc2)C(=O)N1CC(=O)Cc1ccc(Cl)cn1. The summed E-state index contributed by atoms with van der Waals surface area (Å²) in [5.74, 6) is -0.154. The molecule has 1 aliphatic rings. The first-order valence-electron chi connectivity index (χ1n) is 9.29. The van der Waals surface area contributed by atoms with Crippen molar-refractivity contribution in [3.05, 3.63) is 53.1 Å². The Bertz CT molecular complexity index is 917. The molecule has 2 amide bonds. The lowest BCUT2D eigenvalue weighted by atomic mass is 10.0. The summed E-state index contributed by atoms with van der Waals surface area (Å²) in [5.41, 5.74) is -0.227. The lowest BCUT2D eigenvalue weighted by Gasteiger charge is -2.25. The molecule has 1 saturated heterocycles. The second-order valence-electron chi connectivity index (χ2n) is 7.42. The molecule has 0 saturated carbocycles. The maximum Gasteiger partial charge on any atom is 0.433 e. The third-order valence-electron chi connectivity index (χ3n) is 4.88. The summed E-state index contributed by atoms with van der Waals surface area (Å²) in [6.45, 7) is 3.99. The minimum atomic E-state index is -4.55. The van der Waals surface area contributed by atoms with Gasteiger partial charge in [0.2, 0.25) is 0 Å². The van der Waals surface area contributed by atoms with Crippen LogP contribution in [0.25, 0.3) is 0 Å². The Kier molecular flexibility index (Phi) is 6.30. The van der Waals surface area contributed by atoms with Gasteiger partial charge in [0.15, 0.2) is 5.78 Å². The number of halogens is 4. The standard InChI is InChI=1S/C20H20ClF3N4O2/c1-12(2)17-11-27(15-5-6-18(26-9-15)20(22,23)24)19(30)28(17)10-16(29)7-14-4-3-13(21)8-25-14/h3-6,8-9,12,17H,7,10-11H2,1-2H3/t17-/m1/s1. The van der Waals surface area contributed by atoms with Gasteiger partial charge in [-0.05, 0) is 30.2 Å². The van der Waals surface area contributed by atoms with Gasteiger partial charge < -0.3 is 4.90 Å². The Balaban J connectivity index is 1.74. The molecule has 2 aromatic rings. The zero-order chi connectivity index (χ0) is 22.1. The third kappa shape index (κ3) is 4.89. The molecular formula is C20H20ClF3N4O2. The van der Waals surface area contributed by atoms with E-state index in [0.29, 0.717) is 10.7 Å². The predicted octanol–water partition coefficient (Wildman–Crippen LogP) is 4.23. The van der Waals surface area contributed by atoms with Crippen LogP contribution in [0.3, 0.4) is 0 Å². The van der Waals surface area contributed by atoms with E-state index in [1.54, 1.807) is 12.1 Å². The number of aromatic nitrogens is 2. The van der Waals surface area contributed by atoms with E-state index in [1.807, 2.05) is 13.8 Å². The molecule has 2 aromatic heterocycles. The summed E-state index contributed by atoms with van der Waals surface area (Å²) in [4.78, 5) is 35.8. The monoisotopic (exact) mass is 440 g/mol. The predicted molar refractivity (Wildman–Crippen MR) is 105 cm³/mol. The first kappa shape index (κ1) is 22.0. The number of amides is 2. The number of carbonyl (C=O) groups is 2. The third-order valence-corrected chi connectivity index (χ3v) is 5.10. The molecule has 1 atom stereocenters. The maximum absolute atomic E-state index is 13.0. The van der Waals surface area contributed by atoms with Crippen LogP contribution in [-0.4, -0.2) is 45.8 Å². The van der Waals surface area contributed by atoms with Gasteiger partial charge in [-0.15, -0.1) is 0 Å². The number of ketones is 1. The van der Waals surface area contributed by atoms with E-state index in [-0.39, 0.29) is 42.9 Å². The summed E-state index contributed by atoms with van der Waals surface area (Å²) in [5, 5.41) is 0.460. The van der Waals surface area contributed by atoms with Crippen molar-refractivity contribution in [1.29, 1.82) is 0 Å². The number of urea groups is 1. The van der Waals surface area contributed by atoms with Crippen LogP contribution >= 0.6 is 11.6 Å². The van der Waals surface area contributed by atoms with Crippen LogP contribution in [0.5, 0.6) is 0 Å². The Morgan fingerprint density at radius 3 is 2.47 bits per heavy atom. The van der Waals surface area contributed by atoms with Crippen molar-refractivity contribution >= 4 is 29.1 Å². The molecule has 3 heterocycles. The fourth-order valence-corrected chi connectivity index (χ4v) is 3.42. The van der Waals surface area contributed by atoms with Gasteiger partial charge in [-0.2, -0.15) is 13.2 Å². The molecule has 6 nitrogen and oxygen atoms in total. The Hall–Kier alpha value is -2.68. The number of rotatable bonds is 6. The number of Topliss-reactive ketones (excluding diaryl/α,β-unsaturated/α-hetero) is 1. The van der Waals surface area contributed by atoms with Crippen LogP contribution in [0.1, 0.15) is 25.2 Å². The molecular weight excluding hydrogens is 421 g/mol. The number of carbonyl (C=O) groups excluding carboxylic acids is 2. The van der Waals surface area contributed by atoms with Crippen LogP contribution in [-0.2, 0) is 17.4 Å². The summed E-state index contributed by atoms with van der Waals surface area (Å²) < 4.78 is 38.2. The number of pyridine rings is 2. The average molecular weight is 441 g/mol. The van der Waals surface area contributed by atoms with Crippen molar-refractivity contribution in [2.24, 2.45) is 5.92 Å². The van der Waals surface area contributed by atoms with Gasteiger partial charge in [0.25, 0.3) is 0 Å². The van der Waals surface area contributed by atoms with Gasteiger partial charge in [-0.25, -0.2) is 9.78 Å². The topological polar surface area (TPSA) is 66.4 Å². The summed E-state index contributed by atoms with van der Waals surface area (Å²) in [7, 11) is 0. The second kappa shape index (κ2) is 8.59. The second-order valence-corrected chi connectivity index (χ2v) is 7.85. The molecule has 0 aliphatic carbocycles. The van der Waals surface area contributed by atoms with E-state index in [1.165, 1.54) is 22.1 Å². The van der Waals surface area contributed by atoms with E-state index in [9.17, 15) is 22.8 Å². The van der Waals surface area contributed by atoms with Crippen molar-refractivity contribution in [3.8, 4) is 0 Å². The molecule has 3 rings (SSSR count). The van der Waals surface area contributed by atoms with Crippen molar-refractivity contribution < 1.29 is 22.8 Å². The van der Waals surface area contributed by atoms with Crippen LogP contribution in [0.4, 0.5) is 23.7 Å². The van der Waals surface area contributed by atoms with Crippen LogP contribution < -0.4 is 4.90 Å². The highest BCUT2D eigenvalue weighted by atomic mass is 35.5. The quantitative estimate of drug-likeness (QED) is 0.674. The lowest BCUT2D eigenvalue weighted by Crippen LogP contribution is -2.41. The Morgan fingerprint density at radius 1 is 1.20 bits per heavy atom. The number of hydrogen-bond donors (Lipinski definition) is 0. The number of anilines is 1. The summed E-state index contributed by atoms with van der Waals surface area (Å²) in [6, 6.07) is 4.64. The molecule has 0 bridgehead atoms. The highest BCUT2D eigenvalue weighted by molar-refractivity contribution is 6.30. The first-order chi connectivity index (χ1) is 14.1. The molecule has 30 heavy (non-hydrogen) atoms. The number of alkyl halides is 3. The highest BCUT2D eigenvalue weighted by Crippen LogP contribution is 2.31. The molecule has 0 radical (unpaired) electrons. The van der Waals surface area contributed by atoms with Gasteiger partial charge in [0.05, 0.1) is 35.9 Å². The van der Waals surface area contributed by atoms with Crippen molar-refractivity contribution in [2.45, 2.75) is 32.5 Å². The smallest absolute Gasteiger partial charge is 0.312 e.